The van der Waals surface area contributed by atoms with Crippen LogP contribution in [0.4, 0.5) is 0 Å². The highest BCUT2D eigenvalue weighted by atomic mass is 15.1. The molecule has 1 heterocycles. The third kappa shape index (κ3) is 3.21. The standard InChI is InChI=1S/C20H28N2/c1-14(2)16-11-10-15(13-17(16)19(3,4)5)20(6,7)18-9-8-12-21-22-18/h8-14H,1-7H3. The third-order valence-corrected chi connectivity index (χ3v) is 4.42. The SMILES string of the molecule is CC(C)c1ccc(C(C)(C)c2cccnn2)cc1C(C)(C)C. The highest BCUT2D eigenvalue weighted by molar-refractivity contribution is 5.43. The number of nitrogens with zero attached hydrogens (tertiary/aromatic N) is 2. The molecule has 0 aliphatic carbocycles. The van der Waals surface area contributed by atoms with E-state index in [1.54, 1.807) is 6.20 Å². The van der Waals surface area contributed by atoms with Crippen molar-refractivity contribution in [1.29, 1.82) is 0 Å². The van der Waals surface area contributed by atoms with Crippen molar-refractivity contribution in [3.8, 4) is 0 Å². The number of hydrogen-bond acceptors (Lipinski definition) is 2. The van der Waals surface area contributed by atoms with E-state index in [9.17, 15) is 0 Å². The van der Waals surface area contributed by atoms with Gasteiger partial charge in [0.25, 0.3) is 0 Å². The maximum Gasteiger partial charge on any atom is 0.0731 e. The van der Waals surface area contributed by atoms with Gasteiger partial charge in [-0.05, 0) is 40.2 Å². The van der Waals surface area contributed by atoms with E-state index in [-0.39, 0.29) is 10.8 Å². The van der Waals surface area contributed by atoms with Gasteiger partial charge in [0.15, 0.2) is 0 Å². The minimum absolute atomic E-state index is 0.133. The summed E-state index contributed by atoms with van der Waals surface area (Å²) in [5.74, 6) is 0.530. The Balaban J connectivity index is 2.58. The van der Waals surface area contributed by atoms with Crippen LogP contribution < -0.4 is 0 Å². The summed E-state index contributed by atoms with van der Waals surface area (Å²) in [6.45, 7) is 15.8. The van der Waals surface area contributed by atoms with Gasteiger partial charge in [0.1, 0.15) is 0 Å². The number of aromatic nitrogens is 2. The van der Waals surface area contributed by atoms with Crippen LogP contribution in [0.25, 0.3) is 0 Å². The lowest BCUT2D eigenvalue weighted by Gasteiger charge is -2.30. The smallest absolute Gasteiger partial charge is 0.0731 e. The lowest BCUT2D eigenvalue weighted by atomic mass is 9.75. The van der Waals surface area contributed by atoms with E-state index in [0.29, 0.717) is 5.92 Å². The van der Waals surface area contributed by atoms with Crippen molar-refractivity contribution in [2.45, 2.75) is 65.2 Å². The fraction of sp³-hybridized carbons (Fsp3) is 0.500. The van der Waals surface area contributed by atoms with Crippen LogP contribution in [0.2, 0.25) is 0 Å². The summed E-state index contributed by atoms with van der Waals surface area (Å²) >= 11 is 0. The number of benzene rings is 1. The molecule has 2 rings (SSSR count). The first-order chi connectivity index (χ1) is 10.1. The summed E-state index contributed by atoms with van der Waals surface area (Å²) in [5.41, 5.74) is 5.15. The Labute approximate surface area is 135 Å². The highest BCUT2D eigenvalue weighted by Crippen LogP contribution is 2.36. The van der Waals surface area contributed by atoms with Crippen molar-refractivity contribution in [2.75, 3.05) is 0 Å². The number of rotatable bonds is 3. The largest absolute Gasteiger partial charge is 0.159 e. The van der Waals surface area contributed by atoms with E-state index in [1.807, 2.05) is 6.07 Å². The van der Waals surface area contributed by atoms with Gasteiger partial charge >= 0.3 is 0 Å². The zero-order chi connectivity index (χ0) is 16.5. The Morgan fingerprint density at radius 1 is 0.955 bits per heavy atom. The topological polar surface area (TPSA) is 25.8 Å². The first-order valence-corrected chi connectivity index (χ1v) is 8.07. The van der Waals surface area contributed by atoms with Crippen molar-refractivity contribution in [3.63, 3.8) is 0 Å². The Morgan fingerprint density at radius 2 is 1.64 bits per heavy atom. The molecule has 0 radical (unpaired) electrons. The Bertz CT molecular complexity index is 635. The molecule has 0 atom stereocenters. The fourth-order valence-electron chi connectivity index (χ4n) is 2.88. The molecule has 118 valence electrons. The van der Waals surface area contributed by atoms with Gasteiger partial charge in [-0.15, -0.1) is 0 Å². The maximum absolute atomic E-state index is 4.33. The van der Waals surface area contributed by atoms with Crippen LogP contribution in [-0.4, -0.2) is 10.2 Å². The normalized spacial score (nSPS) is 12.7. The quantitative estimate of drug-likeness (QED) is 0.775. The molecule has 2 heteroatoms. The van der Waals surface area contributed by atoms with E-state index < -0.39 is 0 Å². The monoisotopic (exact) mass is 296 g/mol. The fourth-order valence-corrected chi connectivity index (χ4v) is 2.88. The third-order valence-electron chi connectivity index (χ3n) is 4.42. The summed E-state index contributed by atoms with van der Waals surface area (Å²) in [6.07, 6.45) is 1.72. The van der Waals surface area contributed by atoms with E-state index in [1.165, 1.54) is 16.7 Å². The van der Waals surface area contributed by atoms with E-state index in [4.69, 9.17) is 0 Å². The average Bonchev–Trinajstić information content (AvgIpc) is 2.46. The lowest BCUT2D eigenvalue weighted by Crippen LogP contribution is -2.23. The molecule has 0 N–H and O–H groups in total. The second kappa shape index (κ2) is 5.83. The molecule has 0 fully saturated rings. The van der Waals surface area contributed by atoms with Crippen LogP contribution in [-0.2, 0) is 10.8 Å². The minimum atomic E-state index is -0.149. The molecule has 0 saturated heterocycles. The molecule has 0 aliphatic rings. The second-order valence-electron chi connectivity index (χ2n) is 7.94. The van der Waals surface area contributed by atoms with Crippen LogP contribution >= 0.6 is 0 Å². The van der Waals surface area contributed by atoms with E-state index >= 15 is 0 Å². The maximum atomic E-state index is 4.33. The van der Waals surface area contributed by atoms with Gasteiger partial charge in [-0.2, -0.15) is 10.2 Å². The molecule has 0 amide bonds. The van der Waals surface area contributed by atoms with Gasteiger partial charge in [-0.3, -0.25) is 0 Å². The molecule has 0 saturated carbocycles. The molecule has 22 heavy (non-hydrogen) atoms. The highest BCUT2D eigenvalue weighted by Gasteiger charge is 2.28. The minimum Gasteiger partial charge on any atom is -0.159 e. The molecule has 2 aromatic rings. The molecule has 0 unspecified atom stereocenters. The van der Waals surface area contributed by atoms with Crippen LogP contribution in [0.15, 0.2) is 36.5 Å². The molecule has 0 bridgehead atoms. The molecular formula is C20H28N2. The average molecular weight is 296 g/mol. The van der Waals surface area contributed by atoms with Crippen molar-refractivity contribution >= 4 is 0 Å². The van der Waals surface area contributed by atoms with Crippen LogP contribution in [0.3, 0.4) is 0 Å². The number of hydrogen-bond donors (Lipinski definition) is 0. The summed E-state index contributed by atoms with van der Waals surface area (Å²) in [4.78, 5) is 0. The van der Waals surface area contributed by atoms with E-state index in [0.717, 1.165) is 5.69 Å². The molecule has 1 aromatic carbocycles. The zero-order valence-electron chi connectivity index (χ0n) is 14.9. The van der Waals surface area contributed by atoms with E-state index in [2.05, 4.69) is 82.9 Å². The summed E-state index contributed by atoms with van der Waals surface area (Å²) < 4.78 is 0. The van der Waals surface area contributed by atoms with Crippen molar-refractivity contribution in [1.82, 2.24) is 10.2 Å². The van der Waals surface area contributed by atoms with Gasteiger partial charge in [-0.25, -0.2) is 0 Å². The predicted octanol–water partition coefficient (Wildman–Crippen LogP) is 5.22. The predicted molar refractivity (Wildman–Crippen MR) is 93.4 cm³/mol. The summed E-state index contributed by atoms with van der Waals surface area (Å²) in [5, 5.41) is 8.37. The molecule has 1 aromatic heterocycles. The van der Waals surface area contributed by atoms with Crippen LogP contribution in [0, 0.1) is 0 Å². The summed E-state index contributed by atoms with van der Waals surface area (Å²) in [7, 11) is 0. The molecule has 0 aliphatic heterocycles. The van der Waals surface area contributed by atoms with Gasteiger partial charge in [0, 0.05) is 11.6 Å². The van der Waals surface area contributed by atoms with Gasteiger partial charge < -0.3 is 0 Å². The molecule has 2 nitrogen and oxygen atoms in total. The van der Waals surface area contributed by atoms with Crippen LogP contribution in [0.5, 0.6) is 0 Å². The molecular weight excluding hydrogens is 268 g/mol. The van der Waals surface area contributed by atoms with Crippen molar-refractivity contribution in [3.05, 3.63) is 58.9 Å². The lowest BCUT2D eigenvalue weighted by molar-refractivity contribution is 0.564. The van der Waals surface area contributed by atoms with Gasteiger partial charge in [-0.1, -0.05) is 66.7 Å². The van der Waals surface area contributed by atoms with Crippen molar-refractivity contribution < 1.29 is 0 Å². The first-order valence-electron chi connectivity index (χ1n) is 8.07. The Morgan fingerprint density at radius 3 is 2.14 bits per heavy atom. The Hall–Kier alpha value is -1.70. The first kappa shape index (κ1) is 16.7. The second-order valence-corrected chi connectivity index (χ2v) is 7.94. The van der Waals surface area contributed by atoms with Gasteiger partial charge in [0.05, 0.1) is 5.69 Å². The molecule has 0 spiro atoms. The Kier molecular flexibility index (Phi) is 4.42. The zero-order valence-corrected chi connectivity index (χ0v) is 14.9. The van der Waals surface area contributed by atoms with Crippen LogP contribution in [0.1, 0.15) is 76.8 Å². The summed E-state index contributed by atoms with van der Waals surface area (Å²) in [6, 6.07) is 10.9. The van der Waals surface area contributed by atoms with Gasteiger partial charge in [0.2, 0.25) is 0 Å². The van der Waals surface area contributed by atoms with Crippen molar-refractivity contribution in [2.24, 2.45) is 0 Å².